The fraction of sp³-hybridized carbons (Fsp3) is 0.304. The summed E-state index contributed by atoms with van der Waals surface area (Å²) in [4.78, 5) is 30.7. The molecule has 0 aliphatic carbocycles. The molecule has 150 valence electrons. The lowest BCUT2D eigenvalue weighted by Crippen LogP contribution is -2.50. The molecule has 4 rings (SSSR count). The number of carbonyl (C=O) groups excluding carboxylic acids is 2. The molecular formula is C23H25N3O3. The second-order valence-corrected chi connectivity index (χ2v) is 7.32. The van der Waals surface area contributed by atoms with Gasteiger partial charge in [0.05, 0.1) is 0 Å². The van der Waals surface area contributed by atoms with Crippen LogP contribution in [0, 0.1) is 0 Å². The van der Waals surface area contributed by atoms with Gasteiger partial charge in [0.1, 0.15) is 11.8 Å². The van der Waals surface area contributed by atoms with Gasteiger partial charge in [0.25, 0.3) is 5.91 Å². The van der Waals surface area contributed by atoms with E-state index in [-0.39, 0.29) is 18.4 Å². The Bertz CT molecular complexity index is 977. The van der Waals surface area contributed by atoms with E-state index in [0.29, 0.717) is 12.2 Å². The monoisotopic (exact) mass is 391 g/mol. The van der Waals surface area contributed by atoms with E-state index in [1.165, 1.54) is 0 Å². The first-order valence-electron chi connectivity index (χ1n) is 10.0. The van der Waals surface area contributed by atoms with Crippen LogP contribution in [0.25, 0.3) is 10.9 Å². The van der Waals surface area contributed by atoms with Crippen molar-refractivity contribution < 1.29 is 14.3 Å². The Balaban J connectivity index is 1.47. The molecule has 1 atom stereocenters. The number of carbonyl (C=O) groups is 2. The number of rotatable bonds is 7. The molecule has 2 aromatic carbocycles. The quantitative estimate of drug-likeness (QED) is 0.650. The molecule has 2 amide bonds. The molecule has 1 aromatic heterocycles. The van der Waals surface area contributed by atoms with Crippen LogP contribution in [0.3, 0.4) is 0 Å². The zero-order valence-corrected chi connectivity index (χ0v) is 16.3. The molecule has 3 aromatic rings. The molecule has 2 N–H and O–H groups in total. The first-order valence-corrected chi connectivity index (χ1v) is 10.0. The van der Waals surface area contributed by atoms with Gasteiger partial charge in [0.2, 0.25) is 5.91 Å². The number of likely N-dealkylation sites (tertiary alicyclic amines) is 1. The fourth-order valence-corrected chi connectivity index (χ4v) is 3.78. The van der Waals surface area contributed by atoms with Crippen LogP contribution in [0.15, 0.2) is 60.8 Å². The number of amides is 2. The van der Waals surface area contributed by atoms with Crippen molar-refractivity contribution in [2.45, 2.75) is 25.3 Å². The zero-order chi connectivity index (χ0) is 20.1. The van der Waals surface area contributed by atoms with Crippen LogP contribution in [-0.4, -0.2) is 47.4 Å². The summed E-state index contributed by atoms with van der Waals surface area (Å²) in [5.41, 5.74) is 2.04. The van der Waals surface area contributed by atoms with Gasteiger partial charge in [-0.25, -0.2) is 0 Å². The van der Waals surface area contributed by atoms with E-state index in [4.69, 9.17) is 4.74 Å². The Morgan fingerprint density at radius 3 is 2.55 bits per heavy atom. The number of aromatic amines is 1. The molecule has 29 heavy (non-hydrogen) atoms. The molecule has 0 bridgehead atoms. The summed E-state index contributed by atoms with van der Waals surface area (Å²) in [7, 11) is 0. The number of nitrogens with zero attached hydrogens (tertiary/aromatic N) is 1. The van der Waals surface area contributed by atoms with Crippen molar-refractivity contribution in [3.63, 3.8) is 0 Å². The summed E-state index contributed by atoms with van der Waals surface area (Å²) >= 11 is 0. The molecule has 1 aliphatic heterocycles. The van der Waals surface area contributed by atoms with Crippen molar-refractivity contribution in [3.05, 3.63) is 66.4 Å². The van der Waals surface area contributed by atoms with Gasteiger partial charge in [0.15, 0.2) is 6.61 Å². The largest absolute Gasteiger partial charge is 0.484 e. The number of ether oxygens (including phenoxy) is 1. The third-order valence-electron chi connectivity index (χ3n) is 5.26. The fourth-order valence-electron chi connectivity index (χ4n) is 3.78. The number of hydrogen-bond acceptors (Lipinski definition) is 3. The Labute approximate surface area is 169 Å². The molecule has 1 aliphatic rings. The molecule has 6 heteroatoms. The van der Waals surface area contributed by atoms with Gasteiger partial charge in [0, 0.05) is 36.6 Å². The first-order chi connectivity index (χ1) is 14.2. The van der Waals surface area contributed by atoms with Crippen molar-refractivity contribution in [1.82, 2.24) is 15.2 Å². The lowest BCUT2D eigenvalue weighted by molar-refractivity contribution is -0.136. The van der Waals surface area contributed by atoms with Crippen LogP contribution in [0.4, 0.5) is 0 Å². The average Bonchev–Trinajstić information content (AvgIpc) is 3.43. The number of aromatic nitrogens is 1. The van der Waals surface area contributed by atoms with Gasteiger partial charge < -0.3 is 19.9 Å². The number of nitrogens with one attached hydrogen (secondary N) is 2. The van der Waals surface area contributed by atoms with E-state index in [1.807, 2.05) is 53.6 Å². The van der Waals surface area contributed by atoms with Crippen molar-refractivity contribution >= 4 is 22.7 Å². The Morgan fingerprint density at radius 1 is 1.03 bits per heavy atom. The molecule has 1 saturated heterocycles. The van der Waals surface area contributed by atoms with E-state index in [9.17, 15) is 9.59 Å². The van der Waals surface area contributed by atoms with Crippen molar-refractivity contribution in [2.75, 3.05) is 19.7 Å². The van der Waals surface area contributed by atoms with Crippen LogP contribution in [0.2, 0.25) is 0 Å². The minimum Gasteiger partial charge on any atom is -0.484 e. The van der Waals surface area contributed by atoms with Crippen molar-refractivity contribution in [3.8, 4) is 5.75 Å². The minimum absolute atomic E-state index is 0.0270. The highest BCUT2D eigenvalue weighted by molar-refractivity contribution is 5.90. The van der Waals surface area contributed by atoms with Crippen LogP contribution in [0.1, 0.15) is 18.4 Å². The maximum absolute atomic E-state index is 13.1. The summed E-state index contributed by atoms with van der Waals surface area (Å²) in [6.45, 7) is 1.38. The first kappa shape index (κ1) is 19.1. The number of benzene rings is 2. The normalized spacial score (nSPS) is 14.7. The van der Waals surface area contributed by atoms with E-state index in [0.717, 1.165) is 42.4 Å². The van der Waals surface area contributed by atoms with Crippen LogP contribution >= 0.6 is 0 Å². The molecule has 0 unspecified atom stereocenters. The Kier molecular flexibility index (Phi) is 5.79. The van der Waals surface area contributed by atoms with Gasteiger partial charge in [-0.05, 0) is 36.6 Å². The molecule has 1 fully saturated rings. The number of fused-ring (bicyclic) bond motifs is 1. The third kappa shape index (κ3) is 4.59. The highest BCUT2D eigenvalue weighted by atomic mass is 16.5. The number of hydrogen-bond donors (Lipinski definition) is 2. The topological polar surface area (TPSA) is 74.4 Å². The maximum Gasteiger partial charge on any atom is 0.258 e. The molecule has 0 spiro atoms. The Hall–Kier alpha value is -3.28. The van der Waals surface area contributed by atoms with E-state index < -0.39 is 6.04 Å². The molecule has 6 nitrogen and oxygen atoms in total. The summed E-state index contributed by atoms with van der Waals surface area (Å²) in [6.07, 6.45) is 4.38. The standard InChI is InChI=1S/C23H25N3O3/c27-22(16-29-18-8-2-1-3-9-18)25-21(23(28)26-12-6-7-13-26)14-17-15-24-20-11-5-4-10-19(17)20/h1-5,8-11,15,21,24H,6-7,12-14,16H2,(H,25,27)/t21-/m0/s1. The summed E-state index contributed by atoms with van der Waals surface area (Å²) in [5, 5.41) is 3.97. The molecular weight excluding hydrogens is 366 g/mol. The maximum atomic E-state index is 13.1. The highest BCUT2D eigenvalue weighted by Crippen LogP contribution is 2.20. The van der Waals surface area contributed by atoms with Crippen LogP contribution in [-0.2, 0) is 16.0 Å². The molecule has 2 heterocycles. The van der Waals surface area contributed by atoms with Gasteiger partial charge >= 0.3 is 0 Å². The summed E-state index contributed by atoms with van der Waals surface area (Å²) in [6, 6.07) is 16.5. The third-order valence-corrected chi connectivity index (χ3v) is 5.26. The van der Waals surface area contributed by atoms with E-state index in [1.54, 1.807) is 12.1 Å². The van der Waals surface area contributed by atoms with Crippen LogP contribution in [0.5, 0.6) is 5.75 Å². The van der Waals surface area contributed by atoms with Crippen LogP contribution < -0.4 is 10.1 Å². The van der Waals surface area contributed by atoms with E-state index in [2.05, 4.69) is 10.3 Å². The predicted molar refractivity (Wildman–Crippen MR) is 112 cm³/mol. The molecule has 0 radical (unpaired) electrons. The second-order valence-electron chi connectivity index (χ2n) is 7.32. The second kappa shape index (κ2) is 8.82. The minimum atomic E-state index is -0.612. The summed E-state index contributed by atoms with van der Waals surface area (Å²) < 4.78 is 5.54. The summed E-state index contributed by atoms with van der Waals surface area (Å²) in [5.74, 6) is 0.300. The number of para-hydroxylation sites is 2. The van der Waals surface area contributed by atoms with E-state index >= 15 is 0 Å². The highest BCUT2D eigenvalue weighted by Gasteiger charge is 2.28. The smallest absolute Gasteiger partial charge is 0.258 e. The van der Waals surface area contributed by atoms with Crippen molar-refractivity contribution in [2.24, 2.45) is 0 Å². The lowest BCUT2D eigenvalue weighted by Gasteiger charge is -2.24. The van der Waals surface area contributed by atoms with Gasteiger partial charge in [-0.2, -0.15) is 0 Å². The SMILES string of the molecule is O=C(COc1ccccc1)N[C@@H](Cc1c[nH]c2ccccc12)C(=O)N1CCCC1. The van der Waals surface area contributed by atoms with Crippen molar-refractivity contribution in [1.29, 1.82) is 0 Å². The van der Waals surface area contributed by atoms with Gasteiger partial charge in [-0.1, -0.05) is 36.4 Å². The van der Waals surface area contributed by atoms with Gasteiger partial charge in [-0.15, -0.1) is 0 Å². The molecule has 0 saturated carbocycles. The zero-order valence-electron chi connectivity index (χ0n) is 16.3. The Morgan fingerprint density at radius 2 is 1.76 bits per heavy atom. The lowest BCUT2D eigenvalue weighted by atomic mass is 10.0. The average molecular weight is 391 g/mol. The predicted octanol–water partition coefficient (Wildman–Crippen LogP) is 2.90. The number of H-pyrrole nitrogens is 1. The van der Waals surface area contributed by atoms with Gasteiger partial charge in [-0.3, -0.25) is 9.59 Å².